The van der Waals surface area contributed by atoms with Gasteiger partial charge in [0, 0.05) is 17.5 Å². The second-order valence-electron chi connectivity index (χ2n) is 7.37. The number of para-hydroxylation sites is 1. The van der Waals surface area contributed by atoms with Crippen LogP contribution in [0.5, 0.6) is 5.75 Å². The topological polar surface area (TPSA) is 93.7 Å². The SMILES string of the molecule is Cc1cc(O)ccc1N=Cc1ccc2ccccc2[n+]1C.Cc1ccc(S(=O)(=O)[O-])cc1. The van der Waals surface area contributed by atoms with Crippen molar-refractivity contribution in [3.63, 3.8) is 0 Å². The van der Waals surface area contributed by atoms with Gasteiger partial charge in [0.25, 0.3) is 0 Å². The standard InChI is InChI=1S/C18H16N2O.C7H8O3S/c1-13-11-16(21)9-10-17(13)19-12-15-8-7-14-5-3-4-6-18(14)20(15)2;1-6-2-4-7(5-3-6)11(8,9)10/h3-12H,1-2H3;2-5H,1H3,(H,8,9,10). The summed E-state index contributed by atoms with van der Waals surface area (Å²) in [5.41, 5.74) is 4.94. The molecule has 3 aromatic carbocycles. The third kappa shape index (κ3) is 5.78. The number of aromatic nitrogens is 1. The lowest BCUT2D eigenvalue weighted by atomic mass is 10.2. The molecular formula is C25H24N2O4S. The highest BCUT2D eigenvalue weighted by Crippen LogP contribution is 2.22. The summed E-state index contributed by atoms with van der Waals surface area (Å²) in [5, 5.41) is 10.6. The minimum atomic E-state index is -4.27. The Kier molecular flexibility index (Phi) is 7.02. The largest absolute Gasteiger partial charge is 0.744 e. The maximum Gasteiger partial charge on any atom is 0.223 e. The number of fused-ring (bicyclic) bond motifs is 1. The monoisotopic (exact) mass is 448 g/mol. The summed E-state index contributed by atoms with van der Waals surface area (Å²) < 4.78 is 33.3. The van der Waals surface area contributed by atoms with Crippen LogP contribution in [0.3, 0.4) is 0 Å². The Morgan fingerprint density at radius 3 is 2.28 bits per heavy atom. The number of rotatable bonds is 3. The molecule has 4 rings (SSSR count). The van der Waals surface area contributed by atoms with Crippen LogP contribution in [0.2, 0.25) is 0 Å². The molecule has 0 atom stereocenters. The minimum Gasteiger partial charge on any atom is -0.744 e. The van der Waals surface area contributed by atoms with Gasteiger partial charge in [0.2, 0.25) is 11.2 Å². The van der Waals surface area contributed by atoms with Gasteiger partial charge in [-0.15, -0.1) is 0 Å². The van der Waals surface area contributed by atoms with Crippen LogP contribution in [-0.2, 0) is 17.2 Å². The van der Waals surface area contributed by atoms with Crippen LogP contribution in [0.1, 0.15) is 16.8 Å². The Hall–Kier alpha value is -3.55. The molecule has 0 unspecified atom stereocenters. The van der Waals surface area contributed by atoms with Gasteiger partial charge in [0.1, 0.15) is 22.9 Å². The van der Waals surface area contributed by atoms with Crippen LogP contribution in [0, 0.1) is 13.8 Å². The average Bonchev–Trinajstić information content (AvgIpc) is 2.75. The maximum atomic E-state index is 10.4. The van der Waals surface area contributed by atoms with E-state index >= 15 is 0 Å². The number of phenols is 1. The first-order chi connectivity index (χ1) is 15.1. The predicted octanol–water partition coefficient (Wildman–Crippen LogP) is 4.33. The highest BCUT2D eigenvalue weighted by Gasteiger charge is 2.09. The zero-order valence-electron chi connectivity index (χ0n) is 18.1. The minimum absolute atomic E-state index is 0.178. The molecule has 6 nitrogen and oxygen atoms in total. The third-order valence-corrected chi connectivity index (χ3v) is 5.79. The Morgan fingerprint density at radius 2 is 1.62 bits per heavy atom. The van der Waals surface area contributed by atoms with Gasteiger partial charge in [-0.05, 0) is 61.9 Å². The van der Waals surface area contributed by atoms with Crippen molar-refractivity contribution in [2.45, 2.75) is 18.7 Å². The van der Waals surface area contributed by atoms with E-state index in [9.17, 15) is 18.1 Å². The molecule has 32 heavy (non-hydrogen) atoms. The van der Waals surface area contributed by atoms with Gasteiger partial charge in [-0.2, -0.15) is 4.57 Å². The van der Waals surface area contributed by atoms with Gasteiger partial charge in [-0.1, -0.05) is 29.8 Å². The fourth-order valence-electron chi connectivity index (χ4n) is 3.11. The van der Waals surface area contributed by atoms with Crippen molar-refractivity contribution in [3.05, 3.63) is 95.7 Å². The van der Waals surface area contributed by atoms with E-state index in [1.54, 1.807) is 24.3 Å². The van der Waals surface area contributed by atoms with E-state index in [1.807, 2.05) is 45.3 Å². The molecule has 0 aliphatic rings. The van der Waals surface area contributed by atoms with E-state index in [0.29, 0.717) is 0 Å². The summed E-state index contributed by atoms with van der Waals surface area (Å²) >= 11 is 0. The molecule has 1 N–H and O–H groups in total. The number of pyridine rings is 1. The van der Waals surface area contributed by atoms with Crippen LogP contribution in [0.4, 0.5) is 5.69 Å². The highest BCUT2D eigenvalue weighted by molar-refractivity contribution is 7.85. The summed E-state index contributed by atoms with van der Waals surface area (Å²) in [4.78, 5) is 4.35. The van der Waals surface area contributed by atoms with Crippen molar-refractivity contribution in [2.75, 3.05) is 0 Å². The van der Waals surface area contributed by atoms with Crippen molar-refractivity contribution in [3.8, 4) is 5.75 Å². The maximum absolute atomic E-state index is 10.4. The summed E-state index contributed by atoms with van der Waals surface area (Å²) in [6.07, 6.45) is 1.85. The Balaban J connectivity index is 0.000000222. The molecule has 1 heterocycles. The number of hydrogen-bond donors (Lipinski definition) is 1. The lowest BCUT2D eigenvalue weighted by Crippen LogP contribution is -2.34. The molecule has 0 bridgehead atoms. The van der Waals surface area contributed by atoms with Gasteiger partial charge < -0.3 is 9.66 Å². The molecule has 0 spiro atoms. The predicted molar refractivity (Wildman–Crippen MR) is 124 cm³/mol. The normalized spacial score (nSPS) is 11.4. The first-order valence-electron chi connectivity index (χ1n) is 9.89. The zero-order chi connectivity index (χ0) is 23.3. The second kappa shape index (κ2) is 9.72. The number of phenolic OH excluding ortho intramolecular Hbond substituents is 1. The first-order valence-corrected chi connectivity index (χ1v) is 11.3. The number of nitrogens with zero attached hydrogens (tertiary/aromatic N) is 2. The van der Waals surface area contributed by atoms with Crippen molar-refractivity contribution in [2.24, 2.45) is 12.0 Å². The first kappa shape index (κ1) is 23.1. The fourth-order valence-corrected chi connectivity index (χ4v) is 3.58. The zero-order valence-corrected chi connectivity index (χ0v) is 18.9. The second-order valence-corrected chi connectivity index (χ2v) is 8.75. The molecule has 4 aromatic rings. The molecule has 0 fully saturated rings. The summed E-state index contributed by atoms with van der Waals surface area (Å²) in [6, 6.07) is 23.4. The van der Waals surface area contributed by atoms with E-state index in [1.165, 1.54) is 23.0 Å². The quantitative estimate of drug-likeness (QED) is 0.287. The number of aromatic hydroxyl groups is 1. The molecule has 7 heteroatoms. The van der Waals surface area contributed by atoms with Gasteiger partial charge in [-0.3, -0.25) is 0 Å². The Labute approximate surface area is 187 Å². The summed E-state index contributed by atoms with van der Waals surface area (Å²) in [5.74, 6) is 0.266. The molecular weight excluding hydrogens is 424 g/mol. The van der Waals surface area contributed by atoms with Crippen molar-refractivity contribution in [1.29, 1.82) is 0 Å². The molecule has 0 amide bonds. The Morgan fingerprint density at radius 1 is 0.938 bits per heavy atom. The lowest BCUT2D eigenvalue weighted by molar-refractivity contribution is -0.645. The van der Waals surface area contributed by atoms with Crippen LogP contribution < -0.4 is 4.57 Å². The fraction of sp³-hybridized carbons (Fsp3) is 0.120. The highest BCUT2D eigenvalue weighted by atomic mass is 32.2. The van der Waals surface area contributed by atoms with Crippen molar-refractivity contribution >= 4 is 32.9 Å². The lowest BCUT2D eigenvalue weighted by Gasteiger charge is -2.05. The van der Waals surface area contributed by atoms with Crippen LogP contribution in [0.25, 0.3) is 10.9 Å². The van der Waals surface area contributed by atoms with E-state index < -0.39 is 10.1 Å². The number of hydrogen-bond acceptors (Lipinski definition) is 5. The number of benzene rings is 3. The molecule has 0 radical (unpaired) electrons. The van der Waals surface area contributed by atoms with Crippen LogP contribution in [0.15, 0.2) is 88.8 Å². The molecule has 0 aliphatic heterocycles. The van der Waals surface area contributed by atoms with E-state index in [2.05, 4.69) is 33.8 Å². The number of aliphatic imine (C=N–C) groups is 1. The summed E-state index contributed by atoms with van der Waals surface area (Å²) in [7, 11) is -2.23. The van der Waals surface area contributed by atoms with Gasteiger partial charge in [-0.25, -0.2) is 13.4 Å². The van der Waals surface area contributed by atoms with Crippen molar-refractivity contribution < 1.29 is 22.6 Å². The van der Waals surface area contributed by atoms with Crippen molar-refractivity contribution in [1.82, 2.24) is 0 Å². The molecule has 0 aliphatic carbocycles. The third-order valence-electron chi connectivity index (χ3n) is 4.94. The van der Waals surface area contributed by atoms with Crippen LogP contribution >= 0.6 is 0 Å². The van der Waals surface area contributed by atoms with Crippen LogP contribution in [-0.4, -0.2) is 24.3 Å². The number of aryl methyl sites for hydroxylation is 3. The molecule has 0 saturated carbocycles. The average molecular weight is 449 g/mol. The summed E-state index contributed by atoms with van der Waals surface area (Å²) in [6.45, 7) is 3.76. The van der Waals surface area contributed by atoms with Gasteiger partial charge >= 0.3 is 0 Å². The molecule has 164 valence electrons. The van der Waals surface area contributed by atoms with E-state index in [-0.39, 0.29) is 10.6 Å². The van der Waals surface area contributed by atoms with Gasteiger partial charge in [0.15, 0.2) is 0 Å². The molecule has 1 aromatic heterocycles. The van der Waals surface area contributed by atoms with E-state index in [4.69, 9.17) is 0 Å². The molecule has 0 saturated heterocycles. The Bertz CT molecular complexity index is 1380. The van der Waals surface area contributed by atoms with Gasteiger partial charge in [0.05, 0.1) is 16.8 Å². The smallest absolute Gasteiger partial charge is 0.223 e. The van der Waals surface area contributed by atoms with E-state index in [0.717, 1.165) is 22.5 Å².